The zero-order chi connectivity index (χ0) is 23.5. The number of thiazole rings is 1. The summed E-state index contributed by atoms with van der Waals surface area (Å²) < 4.78 is 24.4. The summed E-state index contributed by atoms with van der Waals surface area (Å²) in [6.45, 7) is 1.54. The molecule has 0 amide bonds. The van der Waals surface area contributed by atoms with Gasteiger partial charge in [-0.05, 0) is 47.9 Å². The first-order valence-electron chi connectivity index (χ1n) is 10.9. The summed E-state index contributed by atoms with van der Waals surface area (Å²) in [6.07, 6.45) is 2.08. The van der Waals surface area contributed by atoms with Gasteiger partial charge in [0.25, 0.3) is 0 Å². The quantitative estimate of drug-likeness (QED) is 0.338. The molecule has 2 N–H and O–H groups in total. The zero-order valence-electron chi connectivity index (χ0n) is 18.6. The van der Waals surface area contributed by atoms with E-state index in [-0.39, 0.29) is 0 Å². The van der Waals surface area contributed by atoms with Gasteiger partial charge in [-0.1, -0.05) is 65.6 Å². The lowest BCUT2D eigenvalue weighted by Gasteiger charge is -2.10. The van der Waals surface area contributed by atoms with Crippen LogP contribution in [0.25, 0.3) is 10.2 Å². The first-order valence-corrected chi connectivity index (χ1v) is 14.5. The van der Waals surface area contributed by atoms with E-state index in [1.54, 1.807) is 30.0 Å². The zero-order valence-corrected chi connectivity index (χ0v) is 21.0. The summed E-state index contributed by atoms with van der Waals surface area (Å²) in [5.41, 5.74) is 4.36. The molecule has 0 bridgehead atoms. The molecule has 1 aromatic heterocycles. The monoisotopic (exact) mass is 508 g/mol. The van der Waals surface area contributed by atoms with Crippen LogP contribution in [0.2, 0.25) is 0 Å². The van der Waals surface area contributed by atoms with Crippen molar-refractivity contribution in [2.24, 2.45) is 4.99 Å². The molecule has 1 aliphatic heterocycles. The van der Waals surface area contributed by atoms with Crippen LogP contribution in [0, 0.1) is 0 Å². The minimum absolute atomic E-state index is 0.321. The fourth-order valence-electron chi connectivity index (χ4n) is 3.69. The van der Waals surface area contributed by atoms with Crippen LogP contribution < -0.4 is 10.6 Å². The third kappa shape index (κ3) is 5.43. The van der Waals surface area contributed by atoms with E-state index in [0.29, 0.717) is 10.1 Å². The Bertz CT molecular complexity index is 1430. The first kappa shape index (κ1) is 22.9. The molecular formula is C25H24N4O2S3. The molecule has 1 unspecified atom stereocenters. The fourth-order valence-corrected chi connectivity index (χ4v) is 6.38. The lowest BCUT2D eigenvalue weighted by Crippen LogP contribution is -2.06. The van der Waals surface area contributed by atoms with Crippen molar-refractivity contribution < 1.29 is 8.42 Å². The molecule has 4 aromatic rings. The Morgan fingerprint density at radius 3 is 2.59 bits per heavy atom. The van der Waals surface area contributed by atoms with E-state index in [1.165, 1.54) is 28.7 Å². The van der Waals surface area contributed by atoms with Crippen molar-refractivity contribution in [1.82, 2.24) is 4.98 Å². The minimum Gasteiger partial charge on any atom is -0.361 e. The second-order valence-corrected chi connectivity index (χ2v) is 12.3. The van der Waals surface area contributed by atoms with Gasteiger partial charge < -0.3 is 10.6 Å². The van der Waals surface area contributed by atoms with E-state index in [0.717, 1.165) is 45.7 Å². The molecule has 2 heterocycles. The predicted molar refractivity (Wildman–Crippen MR) is 144 cm³/mol. The van der Waals surface area contributed by atoms with E-state index >= 15 is 0 Å². The average molecular weight is 509 g/mol. The number of aliphatic imine (C=N–C) groups is 1. The Labute approximate surface area is 207 Å². The van der Waals surface area contributed by atoms with Gasteiger partial charge in [-0.15, -0.1) is 0 Å². The highest BCUT2D eigenvalue weighted by molar-refractivity contribution is 8.14. The number of nitrogens with one attached hydrogen (secondary N) is 2. The summed E-state index contributed by atoms with van der Waals surface area (Å²) in [5.74, 6) is 0. The third-order valence-corrected chi connectivity index (χ3v) is 8.76. The maximum atomic E-state index is 11.8. The number of thioether (sulfide) groups is 1. The van der Waals surface area contributed by atoms with Crippen LogP contribution in [0.15, 0.2) is 82.7 Å². The van der Waals surface area contributed by atoms with Crippen LogP contribution in [0.5, 0.6) is 0 Å². The number of hydrogen-bond acceptors (Lipinski definition) is 8. The molecule has 0 spiro atoms. The van der Waals surface area contributed by atoms with Gasteiger partial charge >= 0.3 is 0 Å². The number of amidine groups is 1. The van der Waals surface area contributed by atoms with Gasteiger partial charge in [0, 0.05) is 18.5 Å². The highest BCUT2D eigenvalue weighted by Gasteiger charge is 2.21. The summed E-state index contributed by atoms with van der Waals surface area (Å²) in [6, 6.07) is 23.9. The number of aromatic nitrogens is 1. The van der Waals surface area contributed by atoms with Gasteiger partial charge in [0.1, 0.15) is 0 Å². The molecule has 1 atom stereocenters. The Morgan fingerprint density at radius 1 is 1.03 bits per heavy atom. The van der Waals surface area contributed by atoms with Crippen LogP contribution in [0.3, 0.4) is 0 Å². The standard InChI is InChI=1S/C25H24N4O2S3/c1-34(30,31)20-11-12-21-22(15-20)32-24(29-21)26-14-13-17-7-9-19(10-8-17)28-25-27-16-23(33-25)18-5-3-2-4-6-18/h2-12,15,23H,13-14,16H2,1H3,(H,26,29)(H,27,28). The molecule has 174 valence electrons. The molecule has 6 nitrogen and oxygen atoms in total. The molecule has 34 heavy (non-hydrogen) atoms. The molecule has 5 rings (SSSR count). The van der Waals surface area contributed by atoms with E-state index in [2.05, 4.69) is 69.1 Å². The first-order chi connectivity index (χ1) is 16.4. The number of fused-ring (bicyclic) bond motifs is 1. The van der Waals surface area contributed by atoms with Gasteiger partial charge in [-0.2, -0.15) is 0 Å². The topological polar surface area (TPSA) is 83.5 Å². The summed E-state index contributed by atoms with van der Waals surface area (Å²) in [5, 5.41) is 8.90. The smallest absolute Gasteiger partial charge is 0.183 e. The van der Waals surface area contributed by atoms with Crippen LogP contribution in [-0.4, -0.2) is 37.9 Å². The van der Waals surface area contributed by atoms with Crippen LogP contribution in [0.1, 0.15) is 16.4 Å². The normalized spacial score (nSPS) is 15.9. The van der Waals surface area contributed by atoms with Crippen LogP contribution >= 0.6 is 23.1 Å². The van der Waals surface area contributed by atoms with E-state index in [1.807, 2.05) is 6.07 Å². The molecule has 0 radical (unpaired) electrons. The van der Waals surface area contributed by atoms with Gasteiger partial charge in [-0.3, -0.25) is 4.99 Å². The lowest BCUT2D eigenvalue weighted by molar-refractivity contribution is 0.602. The van der Waals surface area contributed by atoms with Crippen molar-refractivity contribution in [1.29, 1.82) is 0 Å². The van der Waals surface area contributed by atoms with Crippen molar-refractivity contribution in [3.63, 3.8) is 0 Å². The molecular weight excluding hydrogens is 485 g/mol. The minimum atomic E-state index is -3.22. The predicted octanol–water partition coefficient (Wildman–Crippen LogP) is 5.61. The van der Waals surface area contributed by atoms with Crippen molar-refractivity contribution in [3.8, 4) is 0 Å². The highest BCUT2D eigenvalue weighted by Crippen LogP contribution is 2.35. The number of rotatable bonds is 7. The average Bonchev–Trinajstić information content (AvgIpc) is 3.46. The van der Waals surface area contributed by atoms with Gasteiger partial charge in [0.05, 0.1) is 26.9 Å². The number of hydrogen-bond donors (Lipinski definition) is 2. The summed E-state index contributed by atoms with van der Waals surface area (Å²) in [4.78, 5) is 9.52. The number of anilines is 2. The Hall–Kier alpha value is -2.88. The van der Waals surface area contributed by atoms with Crippen molar-refractivity contribution >= 4 is 59.1 Å². The second-order valence-electron chi connectivity index (χ2n) is 8.08. The fraction of sp³-hybridized carbons (Fsp3) is 0.200. The Morgan fingerprint density at radius 2 is 1.82 bits per heavy atom. The molecule has 0 saturated carbocycles. The summed E-state index contributed by atoms with van der Waals surface area (Å²) in [7, 11) is -3.22. The number of sulfone groups is 1. The highest BCUT2D eigenvalue weighted by atomic mass is 32.2. The number of benzene rings is 3. The largest absolute Gasteiger partial charge is 0.361 e. The van der Waals surface area contributed by atoms with E-state index in [9.17, 15) is 8.42 Å². The molecule has 0 aliphatic carbocycles. The van der Waals surface area contributed by atoms with Gasteiger partial charge in [0.15, 0.2) is 20.1 Å². The Balaban J connectivity index is 1.13. The number of nitrogens with zero attached hydrogens (tertiary/aromatic N) is 2. The maximum absolute atomic E-state index is 11.8. The molecule has 0 fully saturated rings. The molecule has 9 heteroatoms. The maximum Gasteiger partial charge on any atom is 0.183 e. The van der Waals surface area contributed by atoms with E-state index in [4.69, 9.17) is 0 Å². The van der Waals surface area contributed by atoms with Crippen molar-refractivity contribution in [3.05, 3.63) is 83.9 Å². The van der Waals surface area contributed by atoms with Crippen LogP contribution in [0.4, 0.5) is 10.8 Å². The lowest BCUT2D eigenvalue weighted by atomic mass is 10.1. The molecule has 3 aromatic carbocycles. The van der Waals surface area contributed by atoms with Crippen molar-refractivity contribution in [2.75, 3.05) is 30.0 Å². The SMILES string of the molecule is CS(=O)(=O)c1ccc2nc(NCCc3ccc(NC4=NCC(c5ccccc5)S4)cc3)sc2c1. The van der Waals surface area contributed by atoms with Crippen molar-refractivity contribution in [2.45, 2.75) is 16.6 Å². The van der Waals surface area contributed by atoms with Gasteiger partial charge in [-0.25, -0.2) is 13.4 Å². The molecule has 0 saturated heterocycles. The molecule has 1 aliphatic rings. The second kappa shape index (κ2) is 9.77. The van der Waals surface area contributed by atoms with E-state index < -0.39 is 9.84 Å². The Kier molecular flexibility index (Phi) is 6.58. The van der Waals surface area contributed by atoms with Crippen LogP contribution in [-0.2, 0) is 16.3 Å². The third-order valence-electron chi connectivity index (χ3n) is 5.51. The summed E-state index contributed by atoms with van der Waals surface area (Å²) >= 11 is 3.24. The van der Waals surface area contributed by atoms with Gasteiger partial charge in [0.2, 0.25) is 0 Å².